The third kappa shape index (κ3) is 3.82. The van der Waals surface area contributed by atoms with Gasteiger partial charge in [-0.15, -0.1) is 0 Å². The molecule has 1 heterocycles. The number of primary amides is 2. The zero-order valence-electron chi connectivity index (χ0n) is 10.8. The highest BCUT2D eigenvalue weighted by Gasteiger charge is 2.22. The number of pyridine rings is 1. The number of hydrogen-bond acceptors (Lipinski definition) is 4. The van der Waals surface area contributed by atoms with E-state index in [9.17, 15) is 9.59 Å². The van der Waals surface area contributed by atoms with E-state index in [-0.39, 0.29) is 16.5 Å². The lowest BCUT2D eigenvalue weighted by Gasteiger charge is -2.22. The molecule has 0 spiro atoms. The number of amides is 2. The normalized spacial score (nSPS) is 13.6. The molecule has 1 rings (SSSR count). The Bertz CT molecular complexity index is 493. The molecule has 0 aromatic carbocycles. The van der Waals surface area contributed by atoms with E-state index in [4.69, 9.17) is 23.1 Å². The fraction of sp³-hybridized carbons (Fsp3) is 0.417. The topological polar surface area (TPSA) is 111 Å². The van der Waals surface area contributed by atoms with Gasteiger partial charge in [0.25, 0.3) is 0 Å². The van der Waals surface area contributed by atoms with Gasteiger partial charge in [0.15, 0.2) is 0 Å². The van der Waals surface area contributed by atoms with Crippen LogP contribution in [0.25, 0.3) is 0 Å². The van der Waals surface area contributed by atoms with Crippen molar-refractivity contribution in [2.75, 3.05) is 5.32 Å². The second kappa shape index (κ2) is 6.38. The first kappa shape index (κ1) is 15.2. The number of nitrogens with two attached hydrogens (primary N) is 2. The standard InChI is InChI=1S/C12H17ClN4O2/c1-3-6(2)9(11(15)19)17-12-8(13)4-7(5-16-12)10(14)18/h4-6,9H,3H2,1-2H3,(H2,14,18)(H2,15,19)(H,16,17)/t6-,9-/m0/s1. The number of aromatic nitrogens is 1. The van der Waals surface area contributed by atoms with Crippen LogP contribution in [0.3, 0.4) is 0 Å². The largest absolute Gasteiger partial charge is 0.368 e. The van der Waals surface area contributed by atoms with Crippen LogP contribution in [-0.2, 0) is 4.79 Å². The first-order chi connectivity index (χ1) is 8.86. The Morgan fingerprint density at radius 1 is 1.47 bits per heavy atom. The molecule has 0 bridgehead atoms. The summed E-state index contributed by atoms with van der Waals surface area (Å²) in [5.74, 6) is -0.762. The first-order valence-electron chi connectivity index (χ1n) is 5.88. The Hall–Kier alpha value is -1.82. The monoisotopic (exact) mass is 284 g/mol. The van der Waals surface area contributed by atoms with E-state index in [0.717, 1.165) is 6.42 Å². The minimum atomic E-state index is -0.616. The third-order valence-corrected chi connectivity index (χ3v) is 3.23. The molecule has 0 aliphatic rings. The molecule has 0 aliphatic carbocycles. The molecule has 7 heteroatoms. The zero-order valence-corrected chi connectivity index (χ0v) is 11.6. The summed E-state index contributed by atoms with van der Waals surface area (Å²) in [6, 6.07) is 0.822. The molecule has 1 aromatic rings. The molecule has 2 amide bonds. The van der Waals surface area contributed by atoms with E-state index in [1.54, 1.807) is 0 Å². The summed E-state index contributed by atoms with van der Waals surface area (Å²) in [7, 11) is 0. The van der Waals surface area contributed by atoms with Crippen molar-refractivity contribution in [1.82, 2.24) is 4.98 Å². The molecular formula is C12H17ClN4O2. The number of hydrogen-bond donors (Lipinski definition) is 3. The van der Waals surface area contributed by atoms with Crippen LogP contribution < -0.4 is 16.8 Å². The van der Waals surface area contributed by atoms with Gasteiger partial charge in [-0.05, 0) is 12.0 Å². The van der Waals surface area contributed by atoms with Gasteiger partial charge in [-0.2, -0.15) is 0 Å². The molecule has 0 saturated heterocycles. The van der Waals surface area contributed by atoms with Crippen molar-refractivity contribution in [1.29, 1.82) is 0 Å². The summed E-state index contributed by atoms with van der Waals surface area (Å²) in [5.41, 5.74) is 10.7. The summed E-state index contributed by atoms with van der Waals surface area (Å²) in [6.45, 7) is 3.85. The Kier molecular flexibility index (Phi) is 5.11. The van der Waals surface area contributed by atoms with Gasteiger partial charge in [-0.25, -0.2) is 4.98 Å². The van der Waals surface area contributed by atoms with Crippen molar-refractivity contribution in [3.05, 3.63) is 22.8 Å². The van der Waals surface area contributed by atoms with Gasteiger partial charge in [0.05, 0.1) is 10.6 Å². The quantitative estimate of drug-likeness (QED) is 0.727. The van der Waals surface area contributed by atoms with Crippen molar-refractivity contribution in [3.8, 4) is 0 Å². The molecule has 0 fully saturated rings. The number of nitrogens with one attached hydrogen (secondary N) is 1. The first-order valence-corrected chi connectivity index (χ1v) is 6.25. The Balaban J connectivity index is 2.97. The average Bonchev–Trinajstić information content (AvgIpc) is 2.35. The summed E-state index contributed by atoms with van der Waals surface area (Å²) in [6.07, 6.45) is 2.07. The van der Waals surface area contributed by atoms with E-state index in [2.05, 4.69) is 10.3 Å². The lowest BCUT2D eigenvalue weighted by Crippen LogP contribution is -2.40. The van der Waals surface area contributed by atoms with Crippen molar-refractivity contribution in [2.24, 2.45) is 17.4 Å². The number of carbonyl (C=O) groups is 2. The highest BCUT2D eigenvalue weighted by Crippen LogP contribution is 2.22. The molecule has 2 atom stereocenters. The maximum absolute atomic E-state index is 11.4. The number of rotatable bonds is 6. The third-order valence-electron chi connectivity index (χ3n) is 2.94. The van der Waals surface area contributed by atoms with Gasteiger partial charge in [0.1, 0.15) is 11.9 Å². The molecule has 0 radical (unpaired) electrons. The SMILES string of the molecule is CC[C@H](C)[C@H](Nc1ncc(C(N)=O)cc1Cl)C(N)=O. The summed E-state index contributed by atoms with van der Waals surface area (Å²) in [4.78, 5) is 26.4. The highest BCUT2D eigenvalue weighted by atomic mass is 35.5. The molecule has 0 aliphatic heterocycles. The average molecular weight is 285 g/mol. The number of nitrogens with zero attached hydrogens (tertiary/aromatic N) is 1. The molecule has 19 heavy (non-hydrogen) atoms. The van der Waals surface area contributed by atoms with Crippen molar-refractivity contribution < 1.29 is 9.59 Å². The van der Waals surface area contributed by atoms with Crippen LogP contribution in [0.4, 0.5) is 5.82 Å². The van der Waals surface area contributed by atoms with Gasteiger partial charge >= 0.3 is 0 Å². The highest BCUT2D eigenvalue weighted by molar-refractivity contribution is 6.33. The minimum absolute atomic E-state index is 0.0335. The van der Waals surface area contributed by atoms with Gasteiger partial charge in [0, 0.05) is 6.20 Å². The van der Waals surface area contributed by atoms with E-state index >= 15 is 0 Å². The Morgan fingerprint density at radius 3 is 2.53 bits per heavy atom. The molecule has 1 aromatic heterocycles. The van der Waals surface area contributed by atoms with Crippen LogP contribution in [0, 0.1) is 5.92 Å². The van der Waals surface area contributed by atoms with E-state index < -0.39 is 17.9 Å². The fourth-order valence-electron chi connectivity index (χ4n) is 1.56. The maximum atomic E-state index is 11.4. The molecule has 6 nitrogen and oxygen atoms in total. The summed E-state index contributed by atoms with van der Waals surface area (Å²) >= 11 is 5.99. The predicted molar refractivity (Wildman–Crippen MR) is 73.8 cm³/mol. The zero-order chi connectivity index (χ0) is 14.6. The number of anilines is 1. The van der Waals surface area contributed by atoms with E-state index in [0.29, 0.717) is 5.82 Å². The van der Waals surface area contributed by atoms with Crippen molar-refractivity contribution in [3.63, 3.8) is 0 Å². The summed E-state index contributed by atoms with van der Waals surface area (Å²) < 4.78 is 0. The molecule has 0 unspecified atom stereocenters. The Morgan fingerprint density at radius 2 is 2.11 bits per heavy atom. The second-order valence-corrected chi connectivity index (χ2v) is 4.74. The van der Waals surface area contributed by atoms with E-state index in [1.165, 1.54) is 12.3 Å². The summed E-state index contributed by atoms with van der Waals surface area (Å²) in [5, 5.41) is 3.11. The van der Waals surface area contributed by atoms with Crippen LogP contribution in [0.15, 0.2) is 12.3 Å². The van der Waals surface area contributed by atoms with Gasteiger partial charge in [0.2, 0.25) is 11.8 Å². The number of halogens is 1. The van der Waals surface area contributed by atoms with Gasteiger partial charge in [-0.3, -0.25) is 9.59 Å². The van der Waals surface area contributed by atoms with Gasteiger partial charge < -0.3 is 16.8 Å². The van der Waals surface area contributed by atoms with Crippen LogP contribution in [0.1, 0.15) is 30.6 Å². The Labute approximate surface area is 116 Å². The van der Waals surface area contributed by atoms with Gasteiger partial charge in [-0.1, -0.05) is 31.9 Å². The van der Waals surface area contributed by atoms with Crippen molar-refractivity contribution in [2.45, 2.75) is 26.3 Å². The molecule has 104 valence electrons. The fourth-order valence-corrected chi connectivity index (χ4v) is 1.78. The predicted octanol–water partition coefficient (Wildman–Crippen LogP) is 1.15. The van der Waals surface area contributed by atoms with Crippen LogP contribution >= 0.6 is 11.6 Å². The maximum Gasteiger partial charge on any atom is 0.250 e. The van der Waals surface area contributed by atoms with Crippen molar-refractivity contribution >= 4 is 29.2 Å². The van der Waals surface area contributed by atoms with E-state index in [1.807, 2.05) is 13.8 Å². The lowest BCUT2D eigenvalue weighted by molar-refractivity contribution is -0.119. The second-order valence-electron chi connectivity index (χ2n) is 4.33. The smallest absolute Gasteiger partial charge is 0.250 e. The lowest BCUT2D eigenvalue weighted by atomic mass is 9.98. The van der Waals surface area contributed by atoms with Crippen LogP contribution in [0.2, 0.25) is 5.02 Å². The minimum Gasteiger partial charge on any atom is -0.368 e. The molecule has 0 saturated carbocycles. The van der Waals surface area contributed by atoms with Crippen LogP contribution in [-0.4, -0.2) is 22.8 Å². The molecule has 5 N–H and O–H groups in total. The van der Waals surface area contributed by atoms with Crippen LogP contribution in [0.5, 0.6) is 0 Å². The number of carbonyl (C=O) groups excluding carboxylic acids is 2. The molecular weight excluding hydrogens is 268 g/mol.